The van der Waals surface area contributed by atoms with Crippen LogP contribution in [0, 0.1) is 0 Å². The van der Waals surface area contributed by atoms with E-state index in [1.54, 1.807) is 0 Å². The molecule has 0 radical (unpaired) electrons. The second-order valence-corrected chi connectivity index (χ2v) is 3.30. The van der Waals surface area contributed by atoms with Crippen LogP contribution in [-0.2, 0) is 0 Å². The van der Waals surface area contributed by atoms with Crippen molar-refractivity contribution in [2.75, 3.05) is 0 Å². The normalized spacial score (nSPS) is 8.20. The van der Waals surface area contributed by atoms with Crippen LogP contribution in [0.3, 0.4) is 0 Å². The molecule has 0 fully saturated rings. The SMILES string of the molecule is O=C(O)O.O=C(O)O.c1ccc(-c2ccccc2)cc1. The summed E-state index contributed by atoms with van der Waals surface area (Å²) >= 11 is 0. The van der Waals surface area contributed by atoms with Gasteiger partial charge in [-0.05, 0) is 11.1 Å². The summed E-state index contributed by atoms with van der Waals surface area (Å²) in [6, 6.07) is 20.8. The van der Waals surface area contributed by atoms with Gasteiger partial charge in [0.2, 0.25) is 0 Å². The Hall–Kier alpha value is -3.02. The largest absolute Gasteiger partial charge is 0.503 e. The maximum Gasteiger partial charge on any atom is 0.503 e. The third-order valence-electron chi connectivity index (χ3n) is 1.88. The van der Waals surface area contributed by atoms with Crippen LogP contribution in [-0.4, -0.2) is 32.7 Å². The molecule has 0 saturated heterocycles. The minimum Gasteiger partial charge on any atom is -0.450 e. The number of hydrogen-bond acceptors (Lipinski definition) is 2. The first-order valence-corrected chi connectivity index (χ1v) is 5.37. The number of rotatable bonds is 1. The van der Waals surface area contributed by atoms with Crippen molar-refractivity contribution in [3.63, 3.8) is 0 Å². The molecule has 2 aromatic carbocycles. The first-order valence-electron chi connectivity index (χ1n) is 5.37. The topological polar surface area (TPSA) is 115 Å². The Morgan fingerprint density at radius 3 is 0.950 bits per heavy atom. The van der Waals surface area contributed by atoms with Gasteiger partial charge in [-0.15, -0.1) is 0 Å². The summed E-state index contributed by atoms with van der Waals surface area (Å²) in [6.07, 6.45) is -3.67. The lowest BCUT2D eigenvalue weighted by molar-refractivity contribution is 0.135. The first kappa shape index (κ1) is 17.0. The second kappa shape index (κ2) is 9.95. The molecule has 20 heavy (non-hydrogen) atoms. The van der Waals surface area contributed by atoms with Gasteiger partial charge in [0.15, 0.2) is 0 Å². The lowest BCUT2D eigenvalue weighted by atomic mass is 10.1. The number of hydrogen-bond donors (Lipinski definition) is 4. The molecule has 0 heterocycles. The van der Waals surface area contributed by atoms with E-state index >= 15 is 0 Å². The fraction of sp³-hybridized carbons (Fsp3) is 0. The van der Waals surface area contributed by atoms with E-state index in [0.29, 0.717) is 0 Å². The summed E-state index contributed by atoms with van der Waals surface area (Å²) in [5.74, 6) is 0. The van der Waals surface area contributed by atoms with Gasteiger partial charge in [-0.3, -0.25) is 0 Å². The zero-order valence-electron chi connectivity index (χ0n) is 10.4. The summed E-state index contributed by atoms with van der Waals surface area (Å²) in [5, 5.41) is 27.9. The molecule has 6 heteroatoms. The number of carbonyl (C=O) groups is 2. The van der Waals surface area contributed by atoms with Crippen LogP contribution in [0.15, 0.2) is 60.7 Å². The fourth-order valence-electron chi connectivity index (χ4n) is 1.26. The van der Waals surface area contributed by atoms with Crippen molar-refractivity contribution in [1.82, 2.24) is 0 Å². The molecule has 2 aromatic rings. The van der Waals surface area contributed by atoms with Gasteiger partial charge in [-0.1, -0.05) is 60.7 Å². The van der Waals surface area contributed by atoms with Gasteiger partial charge < -0.3 is 20.4 Å². The van der Waals surface area contributed by atoms with Crippen LogP contribution >= 0.6 is 0 Å². The lowest BCUT2D eigenvalue weighted by Gasteiger charge is -1.98. The number of carboxylic acid groups (broad SMARTS) is 4. The summed E-state index contributed by atoms with van der Waals surface area (Å²) in [5.41, 5.74) is 2.55. The highest BCUT2D eigenvalue weighted by Crippen LogP contribution is 2.17. The Labute approximate surface area is 115 Å². The van der Waals surface area contributed by atoms with E-state index in [1.165, 1.54) is 11.1 Å². The highest BCUT2D eigenvalue weighted by molar-refractivity contribution is 5.62. The van der Waals surface area contributed by atoms with E-state index in [2.05, 4.69) is 48.5 Å². The van der Waals surface area contributed by atoms with E-state index < -0.39 is 12.3 Å². The van der Waals surface area contributed by atoms with Crippen LogP contribution in [0.1, 0.15) is 0 Å². The molecule has 0 aliphatic rings. The van der Waals surface area contributed by atoms with Gasteiger partial charge in [0.1, 0.15) is 0 Å². The Balaban J connectivity index is 0.000000380. The van der Waals surface area contributed by atoms with Crippen molar-refractivity contribution in [3.05, 3.63) is 60.7 Å². The monoisotopic (exact) mass is 278 g/mol. The first-order chi connectivity index (χ1) is 9.43. The average Bonchev–Trinajstić information content (AvgIpc) is 2.39. The molecule has 0 unspecified atom stereocenters. The van der Waals surface area contributed by atoms with Crippen LogP contribution in [0.5, 0.6) is 0 Å². The molecular formula is C14H14O6. The van der Waals surface area contributed by atoms with Gasteiger partial charge >= 0.3 is 12.3 Å². The smallest absolute Gasteiger partial charge is 0.450 e. The Bertz CT molecular complexity index is 452. The third-order valence-corrected chi connectivity index (χ3v) is 1.88. The van der Waals surface area contributed by atoms with E-state index in [9.17, 15) is 0 Å². The molecule has 0 spiro atoms. The zero-order chi connectivity index (χ0) is 15.4. The molecule has 0 bridgehead atoms. The number of benzene rings is 2. The Morgan fingerprint density at radius 2 is 0.750 bits per heavy atom. The zero-order valence-corrected chi connectivity index (χ0v) is 10.4. The Morgan fingerprint density at radius 1 is 0.550 bits per heavy atom. The van der Waals surface area contributed by atoms with Gasteiger partial charge in [0, 0.05) is 0 Å². The maximum absolute atomic E-state index is 8.56. The van der Waals surface area contributed by atoms with Crippen molar-refractivity contribution < 1.29 is 30.0 Å². The quantitative estimate of drug-likeness (QED) is 0.630. The molecule has 0 aliphatic heterocycles. The maximum atomic E-state index is 8.56. The predicted octanol–water partition coefficient (Wildman–Crippen LogP) is 3.80. The molecule has 106 valence electrons. The van der Waals surface area contributed by atoms with E-state index in [1.807, 2.05) is 12.1 Å². The van der Waals surface area contributed by atoms with Crippen LogP contribution in [0.25, 0.3) is 11.1 Å². The minimum atomic E-state index is -1.83. The predicted molar refractivity (Wildman–Crippen MR) is 73.2 cm³/mol. The van der Waals surface area contributed by atoms with E-state index in [0.717, 1.165) is 0 Å². The van der Waals surface area contributed by atoms with Crippen LogP contribution < -0.4 is 0 Å². The van der Waals surface area contributed by atoms with Crippen molar-refractivity contribution >= 4 is 12.3 Å². The third kappa shape index (κ3) is 10.2. The molecule has 0 saturated carbocycles. The molecule has 4 N–H and O–H groups in total. The molecule has 0 amide bonds. The lowest BCUT2D eigenvalue weighted by Crippen LogP contribution is -1.81. The van der Waals surface area contributed by atoms with E-state index in [4.69, 9.17) is 30.0 Å². The standard InChI is InChI=1S/C12H10.2CH2O3/c1-3-7-11(8-4-1)12-9-5-2-6-10-12;2*2-1(3)4/h1-10H;2*(H2,2,3,4). The molecule has 6 nitrogen and oxygen atoms in total. The van der Waals surface area contributed by atoms with Crippen molar-refractivity contribution in [2.45, 2.75) is 0 Å². The van der Waals surface area contributed by atoms with Gasteiger partial charge in [0.05, 0.1) is 0 Å². The minimum absolute atomic E-state index is 1.28. The van der Waals surface area contributed by atoms with Crippen molar-refractivity contribution in [2.24, 2.45) is 0 Å². The fourth-order valence-corrected chi connectivity index (χ4v) is 1.26. The molecule has 0 atom stereocenters. The van der Waals surface area contributed by atoms with Crippen molar-refractivity contribution in [3.8, 4) is 11.1 Å². The Kier molecular flexibility index (Phi) is 8.45. The summed E-state index contributed by atoms with van der Waals surface area (Å²) in [6.45, 7) is 0. The highest BCUT2D eigenvalue weighted by Gasteiger charge is 1.91. The average molecular weight is 278 g/mol. The van der Waals surface area contributed by atoms with E-state index in [-0.39, 0.29) is 0 Å². The summed E-state index contributed by atoms with van der Waals surface area (Å²) in [4.78, 5) is 17.1. The molecular weight excluding hydrogens is 264 g/mol. The van der Waals surface area contributed by atoms with Gasteiger partial charge in [0.25, 0.3) is 0 Å². The second-order valence-electron chi connectivity index (χ2n) is 3.30. The molecule has 2 rings (SSSR count). The van der Waals surface area contributed by atoms with Gasteiger partial charge in [-0.25, -0.2) is 9.59 Å². The highest BCUT2D eigenvalue weighted by atomic mass is 16.6. The summed E-state index contributed by atoms with van der Waals surface area (Å²) < 4.78 is 0. The van der Waals surface area contributed by atoms with Crippen LogP contribution in [0.4, 0.5) is 9.59 Å². The van der Waals surface area contributed by atoms with Crippen LogP contribution in [0.2, 0.25) is 0 Å². The molecule has 0 aliphatic carbocycles. The van der Waals surface area contributed by atoms with Crippen molar-refractivity contribution in [1.29, 1.82) is 0 Å². The molecule has 0 aromatic heterocycles. The summed E-state index contributed by atoms with van der Waals surface area (Å²) in [7, 11) is 0. The van der Waals surface area contributed by atoms with Gasteiger partial charge in [-0.2, -0.15) is 0 Å².